The summed E-state index contributed by atoms with van der Waals surface area (Å²) in [6, 6.07) is -2.62. The van der Waals surface area contributed by atoms with Gasteiger partial charge in [-0.05, 0) is 38.5 Å². The van der Waals surface area contributed by atoms with Crippen LogP contribution in [0.25, 0.3) is 0 Å². The summed E-state index contributed by atoms with van der Waals surface area (Å²) in [7, 11) is 0. The number of amides is 2. The van der Waals surface area contributed by atoms with Crippen LogP contribution >= 0.6 is 0 Å². The molecule has 14 N–H and O–H groups in total. The van der Waals surface area contributed by atoms with Crippen LogP contribution in [0.4, 0.5) is 0 Å². The normalized spacial score (nSPS) is 29.3. The Bertz CT molecular complexity index is 1870. The van der Waals surface area contributed by atoms with Crippen molar-refractivity contribution in [1.82, 2.24) is 10.6 Å². The standard InChI is InChI=1S/C64H116N2O21/c1-4-6-8-10-12-14-16-17-18-19-20-21-22-23-24-25-26-28-29-31-33-35-37-46(71)45(66-51(74)38-36-34-32-30-27-15-13-11-9-7-5-2)43-82-61-56(78)55(77)58(50(42-69)84-61)85-62-57(79)60(54(76)49(41-68)83-62)87-64(63(80)81)39-47(72)52(65-44(3)70)59(86-64)53(75)48(73)40-67/h11,13,35,37,45-50,52-62,67-69,71-73,75-79H,4-10,12,14-34,36,38-43H2,1-3H3,(H,65,70)(H,66,74)(H,80,81)/b13-11-,37-35+. The molecule has 2 amide bonds. The van der Waals surface area contributed by atoms with Crippen molar-refractivity contribution >= 4 is 17.8 Å². The molecule has 3 fully saturated rings. The summed E-state index contributed by atoms with van der Waals surface area (Å²) in [5.74, 6) is -6.15. The highest BCUT2D eigenvalue weighted by atomic mass is 16.8. The lowest BCUT2D eigenvalue weighted by Crippen LogP contribution is -2.70. The molecule has 0 radical (unpaired) electrons. The number of nitrogens with one attached hydrogen (secondary N) is 2. The fourth-order valence-corrected chi connectivity index (χ4v) is 11.5. The first-order valence-corrected chi connectivity index (χ1v) is 33.2. The molecule has 23 nitrogen and oxygen atoms in total. The molecule has 3 rings (SSSR count). The number of aliphatic carboxylic acids is 1. The molecule has 0 aromatic carbocycles. The van der Waals surface area contributed by atoms with Crippen molar-refractivity contribution in [3.8, 4) is 0 Å². The van der Waals surface area contributed by atoms with Gasteiger partial charge >= 0.3 is 5.97 Å². The molecule has 0 aromatic heterocycles. The number of hydrogen-bond donors (Lipinski definition) is 14. The van der Waals surface area contributed by atoms with Gasteiger partial charge in [0.05, 0.1) is 50.7 Å². The van der Waals surface area contributed by atoms with Gasteiger partial charge in [0, 0.05) is 19.8 Å². The highest BCUT2D eigenvalue weighted by Crippen LogP contribution is 2.38. The van der Waals surface area contributed by atoms with Crippen LogP contribution in [0.2, 0.25) is 0 Å². The minimum atomic E-state index is -3.08. The van der Waals surface area contributed by atoms with Crippen LogP contribution in [-0.2, 0) is 42.8 Å². The molecule has 18 atom stereocenters. The fourth-order valence-electron chi connectivity index (χ4n) is 11.5. The third kappa shape index (κ3) is 28.7. The summed E-state index contributed by atoms with van der Waals surface area (Å²) in [6.45, 7) is 2.07. The van der Waals surface area contributed by atoms with E-state index in [9.17, 15) is 75.7 Å². The monoisotopic (exact) mass is 1250 g/mol. The van der Waals surface area contributed by atoms with Crippen LogP contribution < -0.4 is 10.6 Å². The molecule has 3 aliphatic heterocycles. The first-order valence-electron chi connectivity index (χ1n) is 33.2. The van der Waals surface area contributed by atoms with E-state index in [0.29, 0.717) is 12.8 Å². The Hall–Kier alpha value is -2.79. The zero-order chi connectivity index (χ0) is 64.0. The van der Waals surface area contributed by atoms with Gasteiger partial charge < -0.3 is 100 Å². The van der Waals surface area contributed by atoms with E-state index in [2.05, 4.69) is 36.6 Å². The third-order valence-electron chi connectivity index (χ3n) is 16.9. The SMILES string of the molecule is CCCC/C=C\CCCCCCCC(=O)NC(COC1OC(CO)C(OC2OC(CO)C(O)C(OC3(C(=O)O)CC(O)C(NC(C)=O)C(C(O)C(O)CO)O3)C2O)C(O)C1O)C(O)/C=C/CCCCCCCCCCCCCCCCCCCCCC. The molecule has 87 heavy (non-hydrogen) atoms. The van der Waals surface area contributed by atoms with Crippen molar-refractivity contribution < 1.29 is 104 Å². The number of carboxylic acids is 1. The lowest BCUT2D eigenvalue weighted by Gasteiger charge is -2.50. The zero-order valence-corrected chi connectivity index (χ0v) is 52.6. The first kappa shape index (κ1) is 78.5. The maximum absolute atomic E-state index is 13.4. The van der Waals surface area contributed by atoms with Crippen LogP contribution in [-0.4, -0.2) is 215 Å². The lowest BCUT2D eigenvalue weighted by molar-refractivity contribution is -0.386. The molecule has 0 aliphatic carbocycles. The van der Waals surface area contributed by atoms with Crippen LogP contribution in [0.5, 0.6) is 0 Å². The van der Waals surface area contributed by atoms with E-state index in [1.807, 2.05) is 6.08 Å². The molecule has 3 aliphatic rings. The van der Waals surface area contributed by atoms with E-state index in [4.69, 9.17) is 28.4 Å². The number of carbonyl (C=O) groups excluding carboxylic acids is 2. The molecule has 3 saturated heterocycles. The third-order valence-corrected chi connectivity index (χ3v) is 16.9. The van der Waals surface area contributed by atoms with Gasteiger partial charge in [0.2, 0.25) is 11.8 Å². The smallest absolute Gasteiger partial charge is 0.364 e. The van der Waals surface area contributed by atoms with Crippen LogP contribution in [0.1, 0.15) is 226 Å². The first-order chi connectivity index (χ1) is 41.9. The van der Waals surface area contributed by atoms with Crippen molar-refractivity contribution in [1.29, 1.82) is 0 Å². The Kier molecular flexibility index (Phi) is 41.0. The number of hydrogen-bond acceptors (Lipinski definition) is 20. The van der Waals surface area contributed by atoms with Crippen molar-refractivity contribution in [2.45, 2.75) is 336 Å². The van der Waals surface area contributed by atoms with Gasteiger partial charge in [-0.3, -0.25) is 9.59 Å². The summed E-state index contributed by atoms with van der Waals surface area (Å²) in [6.07, 6.45) is 13.9. The summed E-state index contributed by atoms with van der Waals surface area (Å²) < 4.78 is 34.7. The van der Waals surface area contributed by atoms with Gasteiger partial charge in [-0.25, -0.2) is 4.79 Å². The predicted molar refractivity (Wildman–Crippen MR) is 324 cm³/mol. The van der Waals surface area contributed by atoms with Gasteiger partial charge in [-0.2, -0.15) is 0 Å². The van der Waals surface area contributed by atoms with Crippen molar-refractivity contribution in [3.63, 3.8) is 0 Å². The molecule has 3 heterocycles. The Labute approximate surface area is 517 Å². The van der Waals surface area contributed by atoms with Gasteiger partial charge in [-0.15, -0.1) is 0 Å². The second-order valence-corrected chi connectivity index (χ2v) is 24.3. The topological polar surface area (TPSA) is 373 Å². The minimum Gasteiger partial charge on any atom is -0.477 e. The van der Waals surface area contributed by atoms with E-state index >= 15 is 0 Å². The number of unbranched alkanes of at least 4 members (excludes halogenated alkanes) is 27. The lowest BCUT2D eigenvalue weighted by atomic mass is 9.88. The van der Waals surface area contributed by atoms with Crippen molar-refractivity contribution in [3.05, 3.63) is 24.3 Å². The molecule has 0 saturated carbocycles. The Morgan fingerprint density at radius 3 is 1.60 bits per heavy atom. The maximum Gasteiger partial charge on any atom is 0.364 e. The van der Waals surface area contributed by atoms with Gasteiger partial charge in [0.1, 0.15) is 67.1 Å². The quantitative estimate of drug-likeness (QED) is 0.0285. The van der Waals surface area contributed by atoms with Crippen molar-refractivity contribution in [2.75, 3.05) is 26.4 Å². The van der Waals surface area contributed by atoms with E-state index in [0.717, 1.165) is 71.1 Å². The highest BCUT2D eigenvalue weighted by molar-refractivity contribution is 5.77. The summed E-state index contributed by atoms with van der Waals surface area (Å²) in [4.78, 5) is 38.4. The summed E-state index contributed by atoms with van der Waals surface area (Å²) in [5.41, 5.74) is 0. The number of carboxylic acid groups (broad SMARTS) is 1. The molecule has 0 bridgehead atoms. The fraction of sp³-hybridized carbons (Fsp3) is 0.891. The van der Waals surface area contributed by atoms with Gasteiger partial charge in [-0.1, -0.05) is 192 Å². The molecule has 508 valence electrons. The Morgan fingerprint density at radius 1 is 0.598 bits per heavy atom. The number of rotatable bonds is 49. The summed E-state index contributed by atoms with van der Waals surface area (Å²) in [5, 5.41) is 136. The number of ether oxygens (including phenoxy) is 6. The van der Waals surface area contributed by atoms with Gasteiger partial charge in [0.15, 0.2) is 12.6 Å². The number of aliphatic hydroxyl groups excluding tert-OH is 11. The molecule has 23 heteroatoms. The Balaban J connectivity index is 1.61. The van der Waals surface area contributed by atoms with Crippen molar-refractivity contribution in [2.24, 2.45) is 0 Å². The predicted octanol–water partition coefficient (Wildman–Crippen LogP) is 4.89. The van der Waals surface area contributed by atoms with Gasteiger partial charge in [0.25, 0.3) is 5.79 Å². The number of allylic oxidation sites excluding steroid dienone is 3. The average Bonchev–Trinajstić information content (AvgIpc) is 1.16. The largest absolute Gasteiger partial charge is 0.477 e. The van der Waals surface area contributed by atoms with Crippen LogP contribution in [0.15, 0.2) is 24.3 Å². The molecule has 18 unspecified atom stereocenters. The number of carbonyl (C=O) groups is 3. The summed E-state index contributed by atoms with van der Waals surface area (Å²) >= 11 is 0. The minimum absolute atomic E-state index is 0.190. The van der Waals surface area contributed by atoms with E-state index in [-0.39, 0.29) is 12.3 Å². The molecular formula is C64H116N2O21. The highest BCUT2D eigenvalue weighted by Gasteiger charge is 2.60. The second kappa shape index (κ2) is 45.5. The van der Waals surface area contributed by atoms with E-state index in [1.54, 1.807) is 6.08 Å². The van der Waals surface area contributed by atoms with E-state index < -0.39 is 155 Å². The van der Waals surface area contributed by atoms with E-state index in [1.165, 1.54) is 116 Å². The van der Waals surface area contributed by atoms with Crippen LogP contribution in [0, 0.1) is 0 Å². The Morgan fingerprint density at radius 2 is 1.09 bits per heavy atom. The average molecular weight is 1250 g/mol. The van der Waals surface area contributed by atoms with Crippen LogP contribution in [0.3, 0.4) is 0 Å². The molecular weight excluding hydrogens is 1130 g/mol. The number of aliphatic hydroxyl groups is 11. The zero-order valence-electron chi connectivity index (χ0n) is 52.6. The maximum atomic E-state index is 13.4. The molecule has 0 aromatic rings. The molecule has 0 spiro atoms. The second-order valence-electron chi connectivity index (χ2n) is 24.3.